The summed E-state index contributed by atoms with van der Waals surface area (Å²) in [6, 6.07) is 99.2. The molecule has 3 aliphatic rings. The minimum Gasteiger partial charge on any atom is -0.310 e. The Morgan fingerprint density at radius 2 is 0.667 bits per heavy atom. The normalized spacial score (nSPS) is 13.8. The third-order valence-electron chi connectivity index (χ3n) is 15.8. The molecule has 0 saturated heterocycles. The van der Waals surface area contributed by atoms with Gasteiger partial charge in [-0.25, -0.2) is 4.98 Å². The van der Waals surface area contributed by atoms with E-state index < -0.39 is 10.8 Å². The van der Waals surface area contributed by atoms with Crippen LogP contribution in [-0.2, 0) is 10.8 Å². The topological polar surface area (TPSA) is 16.1 Å². The minimum atomic E-state index is -0.552. The van der Waals surface area contributed by atoms with Crippen LogP contribution in [0.1, 0.15) is 44.5 Å². The van der Waals surface area contributed by atoms with Gasteiger partial charge in [0.25, 0.3) is 0 Å². The van der Waals surface area contributed by atoms with E-state index in [1.165, 1.54) is 89.0 Å². The molecule has 2 nitrogen and oxygen atoms in total. The molecule has 12 aromatic rings. The molecule has 0 bridgehead atoms. The lowest BCUT2D eigenvalue weighted by Gasteiger charge is -2.35. The molecule has 0 saturated carbocycles. The van der Waals surface area contributed by atoms with E-state index in [2.05, 4.69) is 272 Å². The summed E-state index contributed by atoms with van der Waals surface area (Å²) in [6.07, 6.45) is 0. The van der Waals surface area contributed by atoms with Crippen molar-refractivity contribution in [1.82, 2.24) is 4.98 Å². The Morgan fingerprint density at radius 3 is 1.18 bits per heavy atom. The molecule has 0 fully saturated rings. The van der Waals surface area contributed by atoms with Crippen LogP contribution in [0.25, 0.3) is 65.3 Å². The Hall–Kier alpha value is -8.89. The number of nitrogens with zero attached hydrogens (tertiary/aromatic N) is 2. The van der Waals surface area contributed by atoms with Crippen molar-refractivity contribution < 1.29 is 0 Å². The molecule has 0 aliphatic heterocycles. The first-order valence-electron chi connectivity index (χ1n) is 24.9. The molecule has 0 radical (unpaired) electrons. The summed E-state index contributed by atoms with van der Waals surface area (Å²) >= 11 is 1.75. The summed E-state index contributed by atoms with van der Waals surface area (Å²) in [5.41, 5.74) is 24.8. The van der Waals surface area contributed by atoms with Gasteiger partial charge in [-0.1, -0.05) is 224 Å². The smallest absolute Gasteiger partial charge is 0.124 e. The molecule has 0 unspecified atom stereocenters. The van der Waals surface area contributed by atoms with Crippen molar-refractivity contribution in [1.29, 1.82) is 0 Å². The predicted octanol–water partition coefficient (Wildman–Crippen LogP) is 17.8. The van der Waals surface area contributed by atoms with Gasteiger partial charge in [0.2, 0.25) is 0 Å². The van der Waals surface area contributed by atoms with Crippen LogP contribution in [0.3, 0.4) is 0 Å². The van der Waals surface area contributed by atoms with Crippen LogP contribution in [0.5, 0.6) is 0 Å². The average molecular weight is 933 g/mol. The van der Waals surface area contributed by atoms with Crippen molar-refractivity contribution in [2.75, 3.05) is 4.90 Å². The van der Waals surface area contributed by atoms with Crippen molar-refractivity contribution in [2.24, 2.45) is 0 Å². The van der Waals surface area contributed by atoms with Crippen molar-refractivity contribution in [3.05, 3.63) is 311 Å². The van der Waals surface area contributed by atoms with Crippen LogP contribution in [0.4, 0.5) is 17.1 Å². The molecule has 1 spiro atoms. The van der Waals surface area contributed by atoms with Crippen molar-refractivity contribution in [2.45, 2.75) is 10.8 Å². The largest absolute Gasteiger partial charge is 0.310 e. The molecule has 3 heteroatoms. The zero-order valence-corrected chi connectivity index (χ0v) is 40.0. The summed E-state index contributed by atoms with van der Waals surface area (Å²) in [5.74, 6) is 0. The van der Waals surface area contributed by atoms with Crippen molar-refractivity contribution in [3.63, 3.8) is 0 Å². The fourth-order valence-corrected chi connectivity index (χ4v) is 13.9. The van der Waals surface area contributed by atoms with Crippen LogP contribution in [0, 0.1) is 0 Å². The van der Waals surface area contributed by atoms with Crippen LogP contribution in [0.15, 0.2) is 267 Å². The standard InChI is InChI=1S/C69H44N2S/c1-4-18-45(19-5-1)46-32-34-47(35-33-46)67-70-65-41-38-52(44-66(65)72-67)71(50-36-39-57-55-26-10-14-28-59(55)68(63(57)42-50,48-20-6-2-7-21-48)49-22-8-3-9-23-49)51-37-40-58-56-27-13-17-31-62(56)69(64(58)43-51)60-29-15-11-24-53(60)54-25-12-16-30-61(54)69/h1-44H. The Morgan fingerprint density at radius 1 is 0.292 bits per heavy atom. The number of benzene rings is 11. The van der Waals surface area contributed by atoms with Gasteiger partial charge in [-0.2, -0.15) is 0 Å². The molecule has 1 aromatic heterocycles. The Labute approximate surface area is 423 Å². The maximum Gasteiger partial charge on any atom is 0.124 e. The maximum absolute atomic E-state index is 5.25. The Bertz CT molecular complexity index is 3890. The van der Waals surface area contributed by atoms with E-state index in [0.29, 0.717) is 0 Å². The van der Waals surface area contributed by atoms with Crippen molar-refractivity contribution in [3.8, 4) is 55.1 Å². The number of fused-ring (bicyclic) bond motifs is 14. The van der Waals surface area contributed by atoms with Gasteiger partial charge in [0.15, 0.2) is 0 Å². The van der Waals surface area contributed by atoms with Crippen LogP contribution >= 0.6 is 11.3 Å². The maximum atomic E-state index is 5.25. The summed E-state index contributed by atoms with van der Waals surface area (Å²) < 4.78 is 1.14. The van der Waals surface area contributed by atoms with E-state index >= 15 is 0 Å². The van der Waals surface area contributed by atoms with E-state index in [0.717, 1.165) is 37.8 Å². The quantitative estimate of drug-likeness (QED) is 0.158. The molecule has 336 valence electrons. The van der Waals surface area contributed by atoms with Crippen molar-refractivity contribution >= 4 is 38.6 Å². The lowest BCUT2D eigenvalue weighted by Crippen LogP contribution is -2.28. The zero-order valence-electron chi connectivity index (χ0n) is 39.2. The number of hydrogen-bond acceptors (Lipinski definition) is 3. The van der Waals surface area contributed by atoms with Gasteiger partial charge in [0.05, 0.1) is 21.0 Å². The lowest BCUT2D eigenvalue weighted by molar-refractivity contribution is 0.768. The van der Waals surface area contributed by atoms with E-state index in [4.69, 9.17) is 4.98 Å². The van der Waals surface area contributed by atoms with Gasteiger partial charge in [0.1, 0.15) is 5.01 Å². The fourth-order valence-electron chi connectivity index (χ4n) is 12.9. The molecule has 11 aromatic carbocycles. The summed E-state index contributed by atoms with van der Waals surface area (Å²) in [4.78, 5) is 7.75. The highest BCUT2D eigenvalue weighted by molar-refractivity contribution is 7.21. The molecular formula is C69H44N2S. The number of thiazole rings is 1. The van der Waals surface area contributed by atoms with E-state index in [9.17, 15) is 0 Å². The van der Waals surface area contributed by atoms with E-state index in [-0.39, 0.29) is 0 Å². The molecule has 72 heavy (non-hydrogen) atoms. The first kappa shape index (κ1) is 40.9. The third kappa shape index (κ3) is 5.74. The minimum absolute atomic E-state index is 0.483. The predicted molar refractivity (Wildman–Crippen MR) is 299 cm³/mol. The van der Waals surface area contributed by atoms with E-state index in [1.54, 1.807) is 11.3 Å². The second-order valence-electron chi connectivity index (χ2n) is 19.3. The molecule has 0 N–H and O–H groups in total. The first-order chi connectivity index (χ1) is 35.7. The van der Waals surface area contributed by atoms with Crippen LogP contribution in [-0.4, -0.2) is 4.98 Å². The van der Waals surface area contributed by atoms with Crippen LogP contribution in [0.2, 0.25) is 0 Å². The number of hydrogen-bond donors (Lipinski definition) is 0. The number of anilines is 3. The summed E-state index contributed by atoms with van der Waals surface area (Å²) in [6.45, 7) is 0. The van der Waals surface area contributed by atoms with Gasteiger partial charge in [-0.3, -0.25) is 0 Å². The first-order valence-corrected chi connectivity index (χ1v) is 25.7. The molecule has 0 atom stereocenters. The average Bonchev–Trinajstić information content (AvgIpc) is 4.19. The summed E-state index contributed by atoms with van der Waals surface area (Å²) in [7, 11) is 0. The van der Waals surface area contributed by atoms with Gasteiger partial charge in [-0.05, 0) is 131 Å². The number of rotatable bonds is 7. The summed E-state index contributed by atoms with van der Waals surface area (Å²) in [5, 5.41) is 1.01. The molecule has 0 amide bonds. The second-order valence-corrected chi connectivity index (χ2v) is 20.4. The molecular weight excluding hydrogens is 889 g/mol. The monoisotopic (exact) mass is 932 g/mol. The molecule has 15 rings (SSSR count). The van der Waals surface area contributed by atoms with Gasteiger partial charge < -0.3 is 4.90 Å². The zero-order chi connectivity index (χ0) is 47.4. The number of aromatic nitrogens is 1. The highest BCUT2D eigenvalue weighted by Crippen LogP contribution is 2.64. The third-order valence-corrected chi connectivity index (χ3v) is 16.9. The van der Waals surface area contributed by atoms with Crippen LogP contribution < -0.4 is 4.90 Å². The Balaban J connectivity index is 0.964. The van der Waals surface area contributed by atoms with Gasteiger partial charge in [0, 0.05) is 22.6 Å². The Kier molecular flexibility index (Phi) is 8.99. The van der Waals surface area contributed by atoms with E-state index in [1.807, 2.05) is 0 Å². The fraction of sp³-hybridized carbons (Fsp3) is 0.0290. The lowest BCUT2D eigenvalue weighted by atomic mass is 9.67. The molecule has 1 heterocycles. The van der Waals surface area contributed by atoms with Gasteiger partial charge in [-0.15, -0.1) is 11.3 Å². The highest BCUT2D eigenvalue weighted by atomic mass is 32.1. The molecule has 3 aliphatic carbocycles. The van der Waals surface area contributed by atoms with Gasteiger partial charge >= 0.3 is 0 Å². The second kappa shape index (κ2) is 15.8. The highest BCUT2D eigenvalue weighted by Gasteiger charge is 2.52. The SMILES string of the molecule is c1ccc(-c2ccc(-c3nc4ccc(N(c5ccc6c(c5)C(c5ccccc5)(c5ccccc5)c5ccccc5-6)c5ccc6c(c5)C5(c7ccccc7-c7ccccc75)c5ccccc5-6)cc4s3)cc2)cc1.